The fourth-order valence-electron chi connectivity index (χ4n) is 2.54. The van der Waals surface area contributed by atoms with Gasteiger partial charge in [0.2, 0.25) is 5.95 Å². The van der Waals surface area contributed by atoms with Gasteiger partial charge >= 0.3 is 14.8 Å². The average molecular weight is 447 g/mol. The molecule has 1 aromatic rings. The van der Waals surface area contributed by atoms with E-state index in [4.69, 9.17) is 12.7 Å². The van der Waals surface area contributed by atoms with Crippen molar-refractivity contribution in [3.63, 3.8) is 0 Å². The zero-order valence-electron chi connectivity index (χ0n) is 18.2. The Bertz CT molecular complexity index is 699. The fraction of sp³-hybridized carbons (Fsp3) is 0.688. The first-order valence-corrected chi connectivity index (χ1v) is 18.1. The van der Waals surface area contributed by atoms with E-state index in [1.54, 1.807) is 14.0 Å². The Morgan fingerprint density at radius 2 is 1.71 bits per heavy atom. The summed E-state index contributed by atoms with van der Waals surface area (Å²) in [6.45, 7) is 14.8. The molecule has 9 nitrogen and oxygen atoms in total. The van der Waals surface area contributed by atoms with Crippen LogP contribution >= 0.6 is 0 Å². The summed E-state index contributed by atoms with van der Waals surface area (Å²) < 4.78 is 18.5. The minimum atomic E-state index is -2.81. The normalized spacial score (nSPS) is 12.7. The summed E-state index contributed by atoms with van der Waals surface area (Å²) in [4.78, 5) is 30.0. The molecule has 160 valence electrons. The molecule has 0 bridgehead atoms. The number of carbonyl (C=O) groups is 1. The van der Waals surface area contributed by atoms with Crippen LogP contribution in [0.15, 0.2) is 10.9 Å². The van der Waals surface area contributed by atoms with E-state index in [0.717, 1.165) is 0 Å². The second kappa shape index (κ2) is 9.93. The summed E-state index contributed by atoms with van der Waals surface area (Å²) in [6, 6.07) is 1.54. The van der Waals surface area contributed by atoms with Crippen LogP contribution < -0.4 is 16.2 Å². The van der Waals surface area contributed by atoms with Gasteiger partial charge in [0.1, 0.15) is 0 Å². The number of H-pyrrole nitrogens is 1. The molecular weight excluding hydrogens is 412 g/mol. The highest BCUT2D eigenvalue weighted by molar-refractivity contribution is 6.85. The molecule has 12 heteroatoms. The molecule has 0 saturated heterocycles. The summed E-state index contributed by atoms with van der Waals surface area (Å²) in [6.07, 6.45) is 0.653. The number of carbonyl (C=O) groups excluding carboxylic acids is 1. The highest BCUT2D eigenvalue weighted by Crippen LogP contribution is 2.26. The van der Waals surface area contributed by atoms with Gasteiger partial charge in [0.05, 0.1) is 0 Å². The molecule has 0 aliphatic rings. The van der Waals surface area contributed by atoms with Crippen LogP contribution in [-0.4, -0.2) is 55.1 Å². The van der Waals surface area contributed by atoms with Crippen LogP contribution in [0, 0.1) is 6.92 Å². The first kappa shape index (κ1) is 24.7. The maximum atomic E-state index is 12.0. The van der Waals surface area contributed by atoms with Crippen LogP contribution in [0.25, 0.3) is 0 Å². The van der Waals surface area contributed by atoms with E-state index in [1.807, 2.05) is 0 Å². The first-order valence-electron chi connectivity index (χ1n) is 9.32. The van der Waals surface area contributed by atoms with Gasteiger partial charge < -0.3 is 18.0 Å². The number of urea groups is 1. The van der Waals surface area contributed by atoms with Crippen LogP contribution in [0.5, 0.6) is 0 Å². The topological polar surface area (TPSA) is 115 Å². The quantitative estimate of drug-likeness (QED) is 0.376. The summed E-state index contributed by atoms with van der Waals surface area (Å²) >= 11 is 0. The summed E-state index contributed by atoms with van der Waals surface area (Å²) in [5.41, 5.74) is 0.215. The highest BCUT2D eigenvalue weighted by atomic mass is 28.5. The maximum Gasteiger partial charge on any atom is 0.479 e. The Kier molecular flexibility index (Phi) is 8.77. The third-order valence-corrected chi connectivity index (χ3v) is 12.3. The van der Waals surface area contributed by atoms with E-state index < -0.39 is 31.5 Å². The zero-order valence-corrected chi connectivity index (χ0v) is 21.2. The van der Waals surface area contributed by atoms with E-state index in [-0.39, 0.29) is 11.5 Å². The lowest BCUT2D eigenvalue weighted by atomic mass is 10.4. The number of aromatic amines is 1. The van der Waals surface area contributed by atoms with Crippen molar-refractivity contribution in [3.8, 4) is 0 Å². The number of rotatable bonds is 10. The molecule has 2 amide bonds. The predicted molar refractivity (Wildman–Crippen MR) is 118 cm³/mol. The van der Waals surface area contributed by atoms with Gasteiger partial charge in [-0.2, -0.15) is 0 Å². The SMILES string of the molecule is CO[Si](CCCNC(=O)Nc1nc(C)cc(=O)[nH]1)(O[Si](C)(C)C)O[Si](C)(C)C. The average Bonchev–Trinajstić information content (AvgIpc) is 2.47. The Morgan fingerprint density at radius 1 is 1.14 bits per heavy atom. The molecule has 0 aromatic carbocycles. The van der Waals surface area contributed by atoms with E-state index in [0.29, 0.717) is 24.7 Å². The minimum absolute atomic E-state index is 0.118. The predicted octanol–water partition coefficient (Wildman–Crippen LogP) is 2.88. The fourth-order valence-corrected chi connectivity index (χ4v) is 12.8. The number of hydrogen-bond donors (Lipinski definition) is 3. The largest absolute Gasteiger partial charge is 0.479 e. The molecular formula is C16H34N4O5Si3. The monoisotopic (exact) mass is 446 g/mol. The summed E-state index contributed by atoms with van der Waals surface area (Å²) in [7, 11) is -4.89. The zero-order chi connectivity index (χ0) is 21.6. The second-order valence-electron chi connectivity index (χ2n) is 8.54. The Labute approximate surface area is 170 Å². The molecule has 0 fully saturated rings. The van der Waals surface area contributed by atoms with Gasteiger partial charge in [-0.15, -0.1) is 0 Å². The van der Waals surface area contributed by atoms with Gasteiger partial charge in [-0.1, -0.05) is 0 Å². The third-order valence-electron chi connectivity index (χ3n) is 3.28. The lowest BCUT2D eigenvalue weighted by molar-refractivity contribution is 0.198. The Hall–Kier alpha value is -1.32. The summed E-state index contributed by atoms with van der Waals surface area (Å²) in [5, 5.41) is 5.28. The number of aryl methyl sites for hydroxylation is 1. The number of amides is 2. The lowest BCUT2D eigenvalue weighted by Gasteiger charge is -2.38. The molecule has 1 rings (SSSR count). The van der Waals surface area contributed by atoms with Crippen molar-refractivity contribution in [1.29, 1.82) is 0 Å². The second-order valence-corrected chi connectivity index (χ2v) is 20.9. The molecule has 1 aromatic heterocycles. The first-order chi connectivity index (χ1) is 12.7. The number of anilines is 1. The number of nitrogens with one attached hydrogen (secondary N) is 3. The van der Waals surface area contributed by atoms with Crippen molar-refractivity contribution in [2.75, 3.05) is 19.0 Å². The van der Waals surface area contributed by atoms with Crippen LogP contribution in [0.2, 0.25) is 45.3 Å². The number of nitrogens with zero attached hydrogens (tertiary/aromatic N) is 1. The van der Waals surface area contributed by atoms with Crippen molar-refractivity contribution in [2.24, 2.45) is 0 Å². The van der Waals surface area contributed by atoms with Crippen molar-refractivity contribution < 1.29 is 17.5 Å². The minimum Gasteiger partial charge on any atom is -0.416 e. The van der Waals surface area contributed by atoms with Crippen LogP contribution in [0.1, 0.15) is 12.1 Å². The molecule has 3 N–H and O–H groups in total. The molecule has 0 aliphatic heterocycles. The van der Waals surface area contributed by atoms with Gasteiger partial charge in [-0.25, -0.2) is 9.78 Å². The number of aromatic nitrogens is 2. The van der Waals surface area contributed by atoms with E-state index in [1.165, 1.54) is 6.07 Å². The van der Waals surface area contributed by atoms with E-state index in [9.17, 15) is 9.59 Å². The molecule has 0 radical (unpaired) electrons. The third kappa shape index (κ3) is 9.75. The lowest BCUT2D eigenvalue weighted by Crippen LogP contribution is -2.56. The molecule has 0 saturated carbocycles. The van der Waals surface area contributed by atoms with Crippen molar-refractivity contribution >= 4 is 37.4 Å². The molecule has 0 spiro atoms. The van der Waals surface area contributed by atoms with Crippen molar-refractivity contribution in [3.05, 3.63) is 22.1 Å². The van der Waals surface area contributed by atoms with Crippen molar-refractivity contribution in [1.82, 2.24) is 15.3 Å². The molecule has 1 heterocycles. The Morgan fingerprint density at radius 3 is 2.18 bits per heavy atom. The van der Waals surface area contributed by atoms with E-state index in [2.05, 4.69) is 59.9 Å². The van der Waals surface area contributed by atoms with Crippen LogP contribution in [-0.2, 0) is 12.7 Å². The van der Waals surface area contributed by atoms with Crippen molar-refractivity contribution in [2.45, 2.75) is 58.7 Å². The smallest absolute Gasteiger partial charge is 0.416 e. The molecule has 28 heavy (non-hydrogen) atoms. The van der Waals surface area contributed by atoms with E-state index >= 15 is 0 Å². The van der Waals surface area contributed by atoms with Crippen LogP contribution in [0.3, 0.4) is 0 Å². The van der Waals surface area contributed by atoms with Gasteiger partial charge in [-0.05, 0) is 52.6 Å². The maximum absolute atomic E-state index is 12.0. The highest BCUT2D eigenvalue weighted by Gasteiger charge is 2.46. The molecule has 0 aliphatic carbocycles. The van der Waals surface area contributed by atoms with Gasteiger partial charge in [0, 0.05) is 31.5 Å². The Balaban J connectivity index is 2.63. The number of hydrogen-bond acceptors (Lipinski definition) is 6. The summed E-state index contributed by atoms with van der Waals surface area (Å²) in [5.74, 6) is 0.118. The van der Waals surface area contributed by atoms with Gasteiger partial charge in [0.15, 0.2) is 16.6 Å². The molecule has 0 atom stereocenters. The van der Waals surface area contributed by atoms with Crippen LogP contribution in [0.4, 0.5) is 10.7 Å². The molecule has 0 unspecified atom stereocenters. The van der Waals surface area contributed by atoms with Gasteiger partial charge in [-0.3, -0.25) is 15.1 Å². The van der Waals surface area contributed by atoms with Gasteiger partial charge in [0.25, 0.3) is 5.56 Å². The standard InChI is InChI=1S/C16H34N4O5Si3/c1-13-12-14(21)19-15(18-13)20-16(22)17-10-9-11-28(23-2,24-26(3,4)5)25-27(6,7)8/h12H,9-11H2,1-8H3,(H3,17,18,19,20,21,22).